The van der Waals surface area contributed by atoms with Gasteiger partial charge < -0.3 is 10.1 Å². The normalized spacial score (nSPS) is 15.5. The Morgan fingerprint density at radius 3 is 2.48 bits per heavy atom. The molecule has 1 heterocycles. The van der Waals surface area contributed by atoms with Crippen molar-refractivity contribution in [2.75, 3.05) is 31.6 Å². The summed E-state index contributed by atoms with van der Waals surface area (Å²) in [6.07, 6.45) is 0. The van der Waals surface area contributed by atoms with Gasteiger partial charge >= 0.3 is 0 Å². The number of hydrogen-bond acceptors (Lipinski definition) is 4. The van der Waals surface area contributed by atoms with Crippen LogP contribution in [0.4, 0.5) is 5.69 Å². The first-order valence-corrected chi connectivity index (χ1v) is 10.4. The van der Waals surface area contributed by atoms with Crippen molar-refractivity contribution in [3.8, 4) is 0 Å². The van der Waals surface area contributed by atoms with Gasteiger partial charge in [0.25, 0.3) is 5.91 Å². The quantitative estimate of drug-likeness (QED) is 0.807. The summed E-state index contributed by atoms with van der Waals surface area (Å²) >= 11 is 12.0. The number of anilines is 1. The number of nitrogens with zero attached hydrogens (tertiary/aromatic N) is 1. The van der Waals surface area contributed by atoms with Gasteiger partial charge in [0.1, 0.15) is 4.90 Å². The lowest BCUT2D eigenvalue weighted by Crippen LogP contribution is -2.40. The zero-order valence-electron chi connectivity index (χ0n) is 14.5. The highest BCUT2D eigenvalue weighted by molar-refractivity contribution is 7.89. The molecule has 0 radical (unpaired) electrons. The van der Waals surface area contributed by atoms with Crippen molar-refractivity contribution < 1.29 is 17.9 Å². The Kier molecular flexibility index (Phi) is 6.08. The average molecular weight is 429 g/mol. The fraction of sp³-hybridized carbons (Fsp3) is 0.278. The maximum Gasteiger partial charge on any atom is 0.255 e. The molecule has 0 aromatic heterocycles. The summed E-state index contributed by atoms with van der Waals surface area (Å²) in [5.41, 5.74) is 1.59. The van der Waals surface area contributed by atoms with Gasteiger partial charge in [-0.15, -0.1) is 0 Å². The number of carbonyl (C=O) groups excluding carboxylic acids is 1. The first-order valence-electron chi connectivity index (χ1n) is 8.24. The van der Waals surface area contributed by atoms with E-state index in [9.17, 15) is 13.2 Å². The van der Waals surface area contributed by atoms with Crippen molar-refractivity contribution in [3.05, 3.63) is 57.6 Å². The highest BCUT2D eigenvalue weighted by Gasteiger charge is 2.29. The molecule has 9 heteroatoms. The van der Waals surface area contributed by atoms with E-state index in [0.717, 1.165) is 5.56 Å². The minimum atomic E-state index is -3.81. The van der Waals surface area contributed by atoms with Crippen molar-refractivity contribution in [1.29, 1.82) is 0 Å². The summed E-state index contributed by atoms with van der Waals surface area (Å²) in [6, 6.07) is 9.29. The van der Waals surface area contributed by atoms with Gasteiger partial charge in [0.15, 0.2) is 0 Å². The number of hydrogen-bond donors (Lipinski definition) is 1. The van der Waals surface area contributed by atoms with Gasteiger partial charge in [-0.3, -0.25) is 4.79 Å². The Morgan fingerprint density at radius 2 is 1.81 bits per heavy atom. The van der Waals surface area contributed by atoms with Crippen molar-refractivity contribution in [1.82, 2.24) is 4.31 Å². The van der Waals surface area contributed by atoms with Gasteiger partial charge in [-0.2, -0.15) is 4.31 Å². The van der Waals surface area contributed by atoms with E-state index in [0.29, 0.717) is 23.9 Å². The maximum atomic E-state index is 12.9. The number of carbonyl (C=O) groups is 1. The number of aryl methyl sites for hydroxylation is 1. The molecule has 0 saturated carbocycles. The lowest BCUT2D eigenvalue weighted by molar-refractivity contribution is 0.0730. The van der Waals surface area contributed by atoms with Crippen LogP contribution in [0.25, 0.3) is 0 Å². The fourth-order valence-corrected chi connectivity index (χ4v) is 4.87. The third-order valence-electron chi connectivity index (χ3n) is 4.22. The second-order valence-corrected chi connectivity index (χ2v) is 8.83. The molecule has 2 aromatic rings. The average Bonchev–Trinajstić information content (AvgIpc) is 2.65. The molecule has 1 saturated heterocycles. The lowest BCUT2D eigenvalue weighted by Gasteiger charge is -2.26. The van der Waals surface area contributed by atoms with Crippen molar-refractivity contribution >= 4 is 44.8 Å². The third-order valence-corrected chi connectivity index (χ3v) is 6.83. The van der Waals surface area contributed by atoms with Crippen LogP contribution in [0.2, 0.25) is 10.0 Å². The number of rotatable bonds is 4. The van der Waals surface area contributed by atoms with Crippen molar-refractivity contribution in [2.24, 2.45) is 0 Å². The van der Waals surface area contributed by atoms with E-state index < -0.39 is 15.9 Å². The molecule has 0 atom stereocenters. The number of nitrogens with one attached hydrogen (secondary N) is 1. The van der Waals surface area contributed by atoms with Crippen LogP contribution in [-0.4, -0.2) is 44.9 Å². The minimum Gasteiger partial charge on any atom is -0.379 e. The molecule has 2 aromatic carbocycles. The van der Waals surface area contributed by atoms with E-state index in [1.807, 2.05) is 6.92 Å². The predicted octanol–water partition coefficient (Wildman–Crippen LogP) is 3.58. The maximum absolute atomic E-state index is 12.9. The van der Waals surface area contributed by atoms with Crippen LogP contribution in [0.3, 0.4) is 0 Å². The Balaban J connectivity index is 1.89. The molecule has 0 spiro atoms. The Hall–Kier alpha value is -1.64. The van der Waals surface area contributed by atoms with Gasteiger partial charge in [0.05, 0.1) is 18.2 Å². The Morgan fingerprint density at radius 1 is 1.11 bits per heavy atom. The molecule has 0 aliphatic carbocycles. The number of amides is 1. The summed E-state index contributed by atoms with van der Waals surface area (Å²) in [7, 11) is -3.81. The first-order chi connectivity index (χ1) is 12.8. The van der Waals surface area contributed by atoms with E-state index in [2.05, 4.69) is 5.32 Å². The molecule has 0 unspecified atom stereocenters. The molecule has 3 rings (SSSR count). The summed E-state index contributed by atoms with van der Waals surface area (Å²) in [5, 5.41) is 3.40. The van der Waals surface area contributed by atoms with E-state index in [1.54, 1.807) is 18.2 Å². The van der Waals surface area contributed by atoms with Gasteiger partial charge in [0, 0.05) is 29.4 Å². The molecular formula is C18H18Cl2N2O4S. The largest absolute Gasteiger partial charge is 0.379 e. The molecule has 1 aliphatic heterocycles. The fourth-order valence-electron chi connectivity index (χ4n) is 2.73. The Labute approximate surface area is 168 Å². The minimum absolute atomic E-state index is 0.0701. The van der Waals surface area contributed by atoms with Crippen LogP contribution in [0.1, 0.15) is 15.9 Å². The summed E-state index contributed by atoms with van der Waals surface area (Å²) in [4.78, 5) is 12.5. The molecular weight excluding hydrogens is 411 g/mol. The number of morpholine rings is 1. The first kappa shape index (κ1) is 20.1. The SMILES string of the molecule is Cc1cc(Cl)ccc1NC(=O)c1ccc(Cl)c(S(=O)(=O)N2CCOCC2)c1. The number of benzene rings is 2. The van der Waals surface area contributed by atoms with Crippen molar-refractivity contribution in [2.45, 2.75) is 11.8 Å². The van der Waals surface area contributed by atoms with E-state index in [-0.39, 0.29) is 28.6 Å². The zero-order valence-corrected chi connectivity index (χ0v) is 16.9. The van der Waals surface area contributed by atoms with Gasteiger partial charge in [-0.1, -0.05) is 23.2 Å². The van der Waals surface area contributed by atoms with E-state index >= 15 is 0 Å². The molecule has 27 heavy (non-hydrogen) atoms. The molecule has 1 fully saturated rings. The second kappa shape index (κ2) is 8.16. The van der Waals surface area contributed by atoms with Gasteiger partial charge in [-0.05, 0) is 48.9 Å². The number of ether oxygens (including phenoxy) is 1. The van der Waals surface area contributed by atoms with Crippen LogP contribution < -0.4 is 5.32 Å². The monoisotopic (exact) mass is 428 g/mol. The van der Waals surface area contributed by atoms with Crippen LogP contribution >= 0.6 is 23.2 Å². The lowest BCUT2D eigenvalue weighted by atomic mass is 10.1. The molecule has 0 bridgehead atoms. The smallest absolute Gasteiger partial charge is 0.255 e. The predicted molar refractivity (Wildman–Crippen MR) is 105 cm³/mol. The van der Waals surface area contributed by atoms with Crippen LogP contribution in [-0.2, 0) is 14.8 Å². The van der Waals surface area contributed by atoms with Crippen LogP contribution in [0, 0.1) is 6.92 Å². The molecule has 6 nitrogen and oxygen atoms in total. The van der Waals surface area contributed by atoms with Gasteiger partial charge in [0.2, 0.25) is 10.0 Å². The molecule has 1 aliphatic rings. The van der Waals surface area contributed by atoms with Crippen molar-refractivity contribution in [3.63, 3.8) is 0 Å². The highest BCUT2D eigenvalue weighted by Crippen LogP contribution is 2.27. The molecule has 144 valence electrons. The van der Waals surface area contributed by atoms with Gasteiger partial charge in [-0.25, -0.2) is 8.42 Å². The van der Waals surface area contributed by atoms with E-state index in [1.165, 1.54) is 22.5 Å². The molecule has 1 amide bonds. The summed E-state index contributed by atoms with van der Waals surface area (Å²) < 4.78 is 32.2. The highest BCUT2D eigenvalue weighted by atomic mass is 35.5. The molecule has 1 N–H and O–H groups in total. The van der Waals surface area contributed by atoms with E-state index in [4.69, 9.17) is 27.9 Å². The standard InChI is InChI=1S/C18H18Cl2N2O4S/c1-12-10-14(19)3-5-16(12)21-18(23)13-2-4-15(20)17(11-13)27(24,25)22-6-8-26-9-7-22/h2-5,10-11H,6-9H2,1H3,(H,21,23). The summed E-state index contributed by atoms with van der Waals surface area (Å²) in [5.74, 6) is -0.435. The third kappa shape index (κ3) is 4.44. The topological polar surface area (TPSA) is 75.7 Å². The number of halogens is 2. The zero-order chi connectivity index (χ0) is 19.6. The number of sulfonamides is 1. The second-order valence-electron chi connectivity index (χ2n) is 6.08. The summed E-state index contributed by atoms with van der Waals surface area (Å²) in [6.45, 7) is 2.97. The van der Waals surface area contributed by atoms with Crippen LogP contribution in [0.5, 0.6) is 0 Å². The Bertz CT molecular complexity index is 973. The van der Waals surface area contributed by atoms with Crippen LogP contribution in [0.15, 0.2) is 41.3 Å².